The molecule has 0 saturated carbocycles. The van der Waals surface area contributed by atoms with E-state index < -0.39 is 0 Å². The minimum Gasteiger partial charge on any atom is -0.493 e. The lowest BCUT2D eigenvalue weighted by Crippen LogP contribution is -2.19. The van der Waals surface area contributed by atoms with E-state index in [9.17, 15) is 4.79 Å². The van der Waals surface area contributed by atoms with Crippen LogP contribution in [0.1, 0.15) is 5.69 Å². The number of hydrogen-bond acceptors (Lipinski definition) is 5. The van der Waals surface area contributed by atoms with Crippen LogP contribution < -0.4 is 20.1 Å². The first-order valence-corrected chi connectivity index (χ1v) is 9.29. The maximum Gasteiger partial charge on any atom is 0.323 e. The number of nitrogens with zero attached hydrogens (tertiary/aromatic N) is 3. The number of methoxy groups -OCH3 is 2. The summed E-state index contributed by atoms with van der Waals surface area (Å²) >= 11 is 0. The summed E-state index contributed by atoms with van der Waals surface area (Å²) in [6.45, 7) is 1.99. The molecule has 0 atom stereocenters. The maximum atomic E-state index is 12.5. The maximum absolute atomic E-state index is 12.5. The Bertz CT molecular complexity index is 1220. The second kappa shape index (κ2) is 8.12. The molecule has 8 heteroatoms. The van der Waals surface area contributed by atoms with Crippen molar-refractivity contribution in [3.8, 4) is 22.8 Å². The van der Waals surface area contributed by atoms with Gasteiger partial charge in [-0.05, 0) is 37.3 Å². The molecule has 2 aromatic carbocycles. The van der Waals surface area contributed by atoms with Gasteiger partial charge in [-0.25, -0.2) is 14.8 Å². The molecular formula is C22H21N5O3. The molecule has 0 spiro atoms. The van der Waals surface area contributed by atoms with Crippen LogP contribution in [0.2, 0.25) is 0 Å². The Labute approximate surface area is 173 Å². The van der Waals surface area contributed by atoms with Gasteiger partial charge in [-0.3, -0.25) is 4.40 Å². The molecule has 152 valence electrons. The lowest BCUT2D eigenvalue weighted by atomic mass is 10.1. The van der Waals surface area contributed by atoms with Crippen LogP contribution in [-0.4, -0.2) is 34.6 Å². The van der Waals surface area contributed by atoms with Crippen LogP contribution in [0.15, 0.2) is 60.9 Å². The number of ether oxygens (including phenoxy) is 2. The number of nitrogens with one attached hydrogen (secondary N) is 2. The molecule has 0 radical (unpaired) electrons. The van der Waals surface area contributed by atoms with Crippen molar-refractivity contribution >= 4 is 23.2 Å². The molecule has 0 aliphatic rings. The highest BCUT2D eigenvalue weighted by Crippen LogP contribution is 2.30. The SMILES string of the molecule is COc1ccc(NC(=O)Nc2cccc(-c3nc4ncccn4c3C)c2)cc1OC. The van der Waals surface area contributed by atoms with E-state index in [1.165, 1.54) is 0 Å². The number of fused-ring (bicyclic) bond motifs is 1. The molecule has 0 saturated heterocycles. The quantitative estimate of drug-likeness (QED) is 0.517. The number of carbonyl (C=O) groups excluding carboxylic acids is 1. The van der Waals surface area contributed by atoms with E-state index in [0.717, 1.165) is 17.0 Å². The van der Waals surface area contributed by atoms with Gasteiger partial charge in [0.25, 0.3) is 0 Å². The Morgan fingerprint density at radius 3 is 2.47 bits per heavy atom. The van der Waals surface area contributed by atoms with Crippen LogP contribution in [0.5, 0.6) is 11.5 Å². The monoisotopic (exact) mass is 403 g/mol. The molecule has 2 heterocycles. The minimum absolute atomic E-state index is 0.368. The number of carbonyl (C=O) groups is 1. The average molecular weight is 403 g/mol. The zero-order valence-corrected chi connectivity index (χ0v) is 16.8. The minimum atomic E-state index is -0.368. The van der Waals surface area contributed by atoms with Crippen LogP contribution in [-0.2, 0) is 0 Å². The van der Waals surface area contributed by atoms with Gasteiger partial charge >= 0.3 is 6.03 Å². The number of imidazole rings is 1. The van der Waals surface area contributed by atoms with Gasteiger partial charge < -0.3 is 20.1 Å². The van der Waals surface area contributed by atoms with Crippen LogP contribution >= 0.6 is 0 Å². The Morgan fingerprint density at radius 1 is 0.967 bits per heavy atom. The van der Waals surface area contributed by atoms with Crippen molar-refractivity contribution in [3.63, 3.8) is 0 Å². The van der Waals surface area contributed by atoms with Crippen molar-refractivity contribution in [1.29, 1.82) is 0 Å². The first-order valence-electron chi connectivity index (χ1n) is 9.29. The van der Waals surface area contributed by atoms with Gasteiger partial charge in [0.1, 0.15) is 0 Å². The smallest absolute Gasteiger partial charge is 0.323 e. The Morgan fingerprint density at radius 2 is 1.73 bits per heavy atom. The van der Waals surface area contributed by atoms with Crippen LogP contribution in [0, 0.1) is 6.92 Å². The number of aryl methyl sites for hydroxylation is 1. The molecule has 0 unspecified atom stereocenters. The van der Waals surface area contributed by atoms with Crippen LogP contribution in [0.4, 0.5) is 16.2 Å². The van der Waals surface area contributed by atoms with E-state index in [1.807, 2.05) is 47.9 Å². The number of anilines is 2. The molecular weight excluding hydrogens is 382 g/mol. The third-order valence-electron chi connectivity index (χ3n) is 4.68. The molecule has 30 heavy (non-hydrogen) atoms. The van der Waals surface area contributed by atoms with E-state index in [-0.39, 0.29) is 6.03 Å². The predicted octanol–water partition coefficient (Wildman–Crippen LogP) is 4.37. The van der Waals surface area contributed by atoms with E-state index in [2.05, 4.69) is 20.6 Å². The summed E-state index contributed by atoms with van der Waals surface area (Å²) in [5.74, 6) is 1.76. The van der Waals surface area contributed by atoms with Gasteiger partial charge in [0.2, 0.25) is 5.78 Å². The number of urea groups is 1. The van der Waals surface area contributed by atoms with Crippen molar-refractivity contribution in [2.24, 2.45) is 0 Å². The van der Waals surface area contributed by atoms with Crippen LogP contribution in [0.3, 0.4) is 0 Å². The lowest BCUT2D eigenvalue weighted by molar-refractivity contribution is 0.262. The second-order valence-electron chi connectivity index (χ2n) is 6.57. The first-order chi connectivity index (χ1) is 14.6. The topological polar surface area (TPSA) is 89.8 Å². The molecule has 4 rings (SSSR count). The van der Waals surface area contributed by atoms with E-state index in [0.29, 0.717) is 28.7 Å². The number of amides is 2. The fourth-order valence-corrected chi connectivity index (χ4v) is 3.23. The summed E-state index contributed by atoms with van der Waals surface area (Å²) in [6, 6.07) is 14.2. The van der Waals surface area contributed by atoms with Gasteiger partial charge in [-0.1, -0.05) is 12.1 Å². The molecule has 0 aliphatic carbocycles. The fraction of sp³-hybridized carbons (Fsp3) is 0.136. The molecule has 0 bridgehead atoms. The van der Waals surface area contributed by atoms with Crippen LogP contribution in [0.25, 0.3) is 17.0 Å². The van der Waals surface area contributed by atoms with Gasteiger partial charge in [-0.15, -0.1) is 0 Å². The second-order valence-corrected chi connectivity index (χ2v) is 6.57. The zero-order chi connectivity index (χ0) is 21.1. The van der Waals surface area contributed by atoms with Crippen molar-refractivity contribution in [2.45, 2.75) is 6.92 Å². The van der Waals surface area contributed by atoms with Crippen molar-refractivity contribution in [3.05, 3.63) is 66.6 Å². The summed E-state index contributed by atoms with van der Waals surface area (Å²) < 4.78 is 12.4. The molecule has 4 aromatic rings. The Kier molecular flexibility index (Phi) is 5.21. The lowest BCUT2D eigenvalue weighted by Gasteiger charge is -2.12. The molecule has 0 aliphatic heterocycles. The normalized spacial score (nSPS) is 10.6. The summed E-state index contributed by atoms with van der Waals surface area (Å²) in [4.78, 5) is 21.4. The first kappa shape index (κ1) is 19.3. The molecule has 0 fully saturated rings. The standard InChI is InChI=1S/C22H21N5O3/c1-14-20(26-21-23-10-5-11-27(14)21)15-6-4-7-16(12-15)24-22(28)25-17-8-9-18(29-2)19(13-17)30-3/h4-13H,1-3H3,(H2,24,25,28). The molecule has 2 aromatic heterocycles. The van der Waals surface area contributed by atoms with Gasteiger partial charge in [0.15, 0.2) is 11.5 Å². The van der Waals surface area contributed by atoms with Crippen molar-refractivity contribution < 1.29 is 14.3 Å². The zero-order valence-electron chi connectivity index (χ0n) is 16.8. The number of aromatic nitrogens is 3. The van der Waals surface area contributed by atoms with E-state index >= 15 is 0 Å². The van der Waals surface area contributed by atoms with E-state index in [4.69, 9.17) is 9.47 Å². The number of benzene rings is 2. The van der Waals surface area contributed by atoms with Gasteiger partial charge in [0, 0.05) is 41.1 Å². The number of hydrogen-bond donors (Lipinski definition) is 2. The van der Waals surface area contributed by atoms with Gasteiger partial charge in [-0.2, -0.15) is 0 Å². The Hall–Kier alpha value is -4.07. The summed E-state index contributed by atoms with van der Waals surface area (Å²) in [6.07, 6.45) is 3.63. The fourth-order valence-electron chi connectivity index (χ4n) is 3.23. The molecule has 8 nitrogen and oxygen atoms in total. The highest BCUT2D eigenvalue weighted by Gasteiger charge is 2.12. The van der Waals surface area contributed by atoms with Crippen molar-refractivity contribution in [1.82, 2.24) is 14.4 Å². The summed E-state index contributed by atoms with van der Waals surface area (Å²) in [7, 11) is 3.11. The molecule has 2 N–H and O–H groups in total. The number of rotatable bonds is 5. The third kappa shape index (κ3) is 3.75. The predicted molar refractivity (Wildman–Crippen MR) is 115 cm³/mol. The largest absolute Gasteiger partial charge is 0.493 e. The Balaban J connectivity index is 1.53. The highest BCUT2D eigenvalue weighted by atomic mass is 16.5. The summed E-state index contributed by atoms with van der Waals surface area (Å²) in [5.41, 5.74) is 3.92. The van der Waals surface area contributed by atoms with Gasteiger partial charge in [0.05, 0.1) is 19.9 Å². The highest BCUT2D eigenvalue weighted by molar-refractivity contribution is 6.00. The summed E-state index contributed by atoms with van der Waals surface area (Å²) in [5, 5.41) is 5.64. The molecule has 2 amide bonds. The van der Waals surface area contributed by atoms with Crippen molar-refractivity contribution in [2.75, 3.05) is 24.9 Å². The average Bonchev–Trinajstić information content (AvgIpc) is 3.10. The van der Waals surface area contributed by atoms with E-state index in [1.54, 1.807) is 38.6 Å². The third-order valence-corrected chi connectivity index (χ3v) is 4.68.